The minimum Gasteiger partial charge on any atom is -0.458 e. The molecule has 1 aliphatic heterocycles. The van der Waals surface area contributed by atoms with E-state index in [0.29, 0.717) is 17.8 Å². The third kappa shape index (κ3) is 6.47. The van der Waals surface area contributed by atoms with Crippen molar-refractivity contribution in [2.24, 2.45) is 23.7 Å². The number of hydrogen-bond acceptors (Lipinski definition) is 7. The number of hydrogen-bond donors (Lipinski definition) is 0. The summed E-state index contributed by atoms with van der Waals surface area (Å²) in [7, 11) is 0. The van der Waals surface area contributed by atoms with E-state index in [1.165, 1.54) is 0 Å². The summed E-state index contributed by atoms with van der Waals surface area (Å²) in [6, 6.07) is 9.13. The van der Waals surface area contributed by atoms with Crippen LogP contribution < -0.4 is 0 Å². The highest BCUT2D eigenvalue weighted by Gasteiger charge is 2.50. The molecule has 2 fully saturated rings. The first kappa shape index (κ1) is 25.0. The zero-order chi connectivity index (χ0) is 24.0. The zero-order valence-electron chi connectivity index (χ0n) is 19.9. The Bertz CT molecular complexity index is 838. The maximum Gasteiger partial charge on any atom is 0.405 e. The second-order valence-corrected chi connectivity index (χ2v) is 9.29. The SMILES string of the molecule is CCOC(=O)/C([C@@H]1CC(=O)O[C@H]1OC1CC(C)CCC1C(C)C)=[N+](/[O-])OCc1ccccc1. The van der Waals surface area contributed by atoms with Gasteiger partial charge in [0, 0.05) is 4.90 Å². The predicted octanol–water partition coefficient (Wildman–Crippen LogP) is 4.00. The van der Waals surface area contributed by atoms with Gasteiger partial charge in [-0.1, -0.05) is 57.5 Å². The van der Waals surface area contributed by atoms with E-state index in [4.69, 9.17) is 19.0 Å². The minimum atomic E-state index is -1.04. The fraction of sp³-hybridized carbons (Fsp3) is 0.640. The highest BCUT2D eigenvalue weighted by molar-refractivity contribution is 6.35. The van der Waals surface area contributed by atoms with Gasteiger partial charge in [-0.2, -0.15) is 0 Å². The van der Waals surface area contributed by atoms with Crippen LogP contribution in [0.25, 0.3) is 0 Å². The van der Waals surface area contributed by atoms with Crippen molar-refractivity contribution in [1.82, 2.24) is 0 Å². The standard InChI is InChI=1S/C25H35NO7/c1-5-30-24(28)23(26(29)31-15-18-9-7-6-8-10-18)20-14-22(27)33-25(20)32-21-13-17(4)11-12-19(21)16(2)3/h6-10,16-17,19-21,25H,5,11-15H2,1-4H3/b26-23-/t17?,19?,20-,21?,25+/m0/s1. The second kappa shape index (κ2) is 11.5. The molecule has 8 nitrogen and oxygen atoms in total. The predicted molar refractivity (Wildman–Crippen MR) is 121 cm³/mol. The lowest BCUT2D eigenvalue weighted by atomic mass is 9.75. The Morgan fingerprint density at radius 2 is 1.97 bits per heavy atom. The molecular formula is C25H35NO7. The lowest BCUT2D eigenvalue weighted by Crippen LogP contribution is -2.43. The van der Waals surface area contributed by atoms with Crippen molar-refractivity contribution in [3.05, 3.63) is 41.1 Å². The summed E-state index contributed by atoms with van der Waals surface area (Å²) in [5.74, 6) is -1.07. The monoisotopic (exact) mass is 461 g/mol. The molecule has 1 aromatic carbocycles. The molecular weight excluding hydrogens is 426 g/mol. The summed E-state index contributed by atoms with van der Waals surface area (Å²) < 4.78 is 16.9. The van der Waals surface area contributed by atoms with Gasteiger partial charge in [-0.25, -0.2) is 4.79 Å². The Morgan fingerprint density at radius 1 is 1.24 bits per heavy atom. The van der Waals surface area contributed by atoms with Crippen molar-refractivity contribution in [1.29, 1.82) is 0 Å². The van der Waals surface area contributed by atoms with Gasteiger partial charge in [-0.05, 0) is 43.1 Å². The zero-order valence-corrected chi connectivity index (χ0v) is 19.9. The molecule has 33 heavy (non-hydrogen) atoms. The molecule has 1 aromatic rings. The van der Waals surface area contributed by atoms with Gasteiger partial charge < -0.3 is 19.0 Å². The first-order valence-electron chi connectivity index (χ1n) is 11.8. The third-order valence-corrected chi connectivity index (χ3v) is 6.46. The second-order valence-electron chi connectivity index (χ2n) is 9.29. The Morgan fingerprint density at radius 3 is 2.64 bits per heavy atom. The van der Waals surface area contributed by atoms with Crippen molar-refractivity contribution in [2.75, 3.05) is 6.61 Å². The molecule has 1 aliphatic carbocycles. The van der Waals surface area contributed by atoms with Crippen molar-refractivity contribution in [3.8, 4) is 0 Å². The van der Waals surface area contributed by atoms with Gasteiger partial charge in [0.1, 0.15) is 5.92 Å². The number of nitrogens with zero attached hydrogens (tertiary/aromatic N) is 1. The maximum absolute atomic E-state index is 12.9. The lowest BCUT2D eigenvalue weighted by Gasteiger charge is -2.38. The third-order valence-electron chi connectivity index (χ3n) is 6.46. The molecule has 0 aromatic heterocycles. The van der Waals surface area contributed by atoms with Crippen molar-refractivity contribution in [3.63, 3.8) is 0 Å². The molecule has 0 spiro atoms. The summed E-state index contributed by atoms with van der Waals surface area (Å²) in [5, 5.41) is 12.9. The van der Waals surface area contributed by atoms with Crippen molar-refractivity contribution in [2.45, 2.75) is 72.4 Å². The molecule has 1 heterocycles. The fourth-order valence-electron chi connectivity index (χ4n) is 4.67. The Balaban J connectivity index is 1.84. The first-order valence-corrected chi connectivity index (χ1v) is 11.8. The highest BCUT2D eigenvalue weighted by Crippen LogP contribution is 2.38. The average molecular weight is 462 g/mol. The van der Waals surface area contributed by atoms with Crippen molar-refractivity contribution >= 4 is 17.7 Å². The Labute approximate surface area is 195 Å². The van der Waals surface area contributed by atoms with Crippen LogP contribution in [-0.2, 0) is 35.2 Å². The number of rotatable bonds is 9. The van der Waals surface area contributed by atoms with Crippen LogP contribution in [0, 0.1) is 28.9 Å². The van der Waals surface area contributed by atoms with Crippen LogP contribution in [0.3, 0.4) is 0 Å². The van der Waals surface area contributed by atoms with E-state index in [0.717, 1.165) is 24.8 Å². The summed E-state index contributed by atoms with van der Waals surface area (Å²) in [5.41, 5.74) is 0.456. The molecule has 2 aliphatic rings. The Kier molecular flexibility index (Phi) is 8.72. The van der Waals surface area contributed by atoms with Crippen LogP contribution in [0.15, 0.2) is 30.3 Å². The van der Waals surface area contributed by atoms with Gasteiger partial charge in [-0.3, -0.25) is 10.0 Å². The summed E-state index contributed by atoms with van der Waals surface area (Å²) in [6.07, 6.45) is 1.67. The lowest BCUT2D eigenvalue weighted by molar-refractivity contribution is -0.747. The van der Waals surface area contributed by atoms with Gasteiger partial charge in [0.15, 0.2) is 0 Å². The summed E-state index contributed by atoms with van der Waals surface area (Å²) in [6.45, 7) is 8.19. The number of esters is 2. The van der Waals surface area contributed by atoms with Crippen LogP contribution in [0.5, 0.6) is 0 Å². The quantitative estimate of drug-likeness (QED) is 0.237. The van der Waals surface area contributed by atoms with Crippen LogP contribution in [0.2, 0.25) is 0 Å². The van der Waals surface area contributed by atoms with E-state index >= 15 is 0 Å². The van der Waals surface area contributed by atoms with Crippen LogP contribution in [0.1, 0.15) is 58.9 Å². The molecule has 0 bridgehead atoms. The molecule has 8 heteroatoms. The molecule has 182 valence electrons. The van der Waals surface area contributed by atoms with E-state index in [2.05, 4.69) is 20.8 Å². The number of carbonyl (C=O) groups excluding carboxylic acids is 2. The number of ether oxygens (including phenoxy) is 3. The Hall–Kier alpha value is -2.61. The van der Waals surface area contributed by atoms with Gasteiger partial charge >= 0.3 is 17.7 Å². The number of cyclic esters (lactones) is 1. The van der Waals surface area contributed by atoms with Crippen LogP contribution in [-0.4, -0.2) is 41.6 Å². The molecule has 1 saturated heterocycles. The molecule has 5 atom stereocenters. The van der Waals surface area contributed by atoms with Gasteiger partial charge in [0.05, 0.1) is 25.7 Å². The van der Waals surface area contributed by atoms with Crippen molar-refractivity contribution < 1.29 is 33.5 Å². The summed E-state index contributed by atoms with van der Waals surface area (Å²) >= 11 is 0. The molecule has 0 amide bonds. The minimum absolute atomic E-state index is 0.0319. The molecule has 1 saturated carbocycles. The molecule has 0 N–H and O–H groups in total. The van der Waals surface area contributed by atoms with Crippen LogP contribution in [0.4, 0.5) is 0 Å². The highest BCUT2D eigenvalue weighted by atomic mass is 16.9. The van der Waals surface area contributed by atoms with E-state index in [-0.39, 0.29) is 36.4 Å². The number of carbonyl (C=O) groups is 2. The normalized spacial score (nSPS) is 28.3. The fourth-order valence-corrected chi connectivity index (χ4v) is 4.67. The summed E-state index contributed by atoms with van der Waals surface area (Å²) in [4.78, 5) is 30.5. The molecule has 3 rings (SSSR count). The van der Waals surface area contributed by atoms with Gasteiger partial charge in [-0.15, -0.1) is 0 Å². The first-order chi connectivity index (χ1) is 15.8. The van der Waals surface area contributed by atoms with Crippen LogP contribution >= 0.6 is 0 Å². The van der Waals surface area contributed by atoms with E-state index < -0.39 is 24.1 Å². The average Bonchev–Trinajstić information content (AvgIpc) is 3.12. The van der Waals surface area contributed by atoms with Gasteiger partial charge in [0.25, 0.3) is 0 Å². The van der Waals surface area contributed by atoms with E-state index in [9.17, 15) is 14.8 Å². The van der Waals surface area contributed by atoms with E-state index in [1.54, 1.807) is 6.92 Å². The van der Waals surface area contributed by atoms with Gasteiger partial charge in [0.2, 0.25) is 6.29 Å². The van der Waals surface area contributed by atoms with E-state index in [1.807, 2.05) is 30.3 Å². The molecule has 3 unspecified atom stereocenters. The maximum atomic E-state index is 12.9. The molecule has 0 radical (unpaired) electrons. The largest absolute Gasteiger partial charge is 0.458 e. The smallest absolute Gasteiger partial charge is 0.405 e. The number of benzene rings is 1. The topological polar surface area (TPSA) is 97.1 Å².